The minimum Gasteiger partial charge on any atom is -0.374 e. The molecule has 0 bridgehead atoms. The van der Waals surface area contributed by atoms with Crippen molar-refractivity contribution in [1.29, 1.82) is 0 Å². The first kappa shape index (κ1) is 13.7. The molecule has 4 nitrogen and oxygen atoms in total. The predicted molar refractivity (Wildman–Crippen MR) is 68.1 cm³/mol. The Morgan fingerprint density at radius 3 is 2.18 bits per heavy atom. The van der Waals surface area contributed by atoms with Crippen LogP contribution in [0.1, 0.15) is 13.3 Å². The maximum Gasteiger partial charge on any atom is 0.175 e. The number of ketones is 1. The summed E-state index contributed by atoms with van der Waals surface area (Å²) in [7, 11) is -1.27. The van der Waals surface area contributed by atoms with Crippen molar-refractivity contribution in [2.24, 2.45) is 0 Å². The molecule has 0 aliphatic heterocycles. The van der Waals surface area contributed by atoms with Gasteiger partial charge in [0.25, 0.3) is 0 Å². The summed E-state index contributed by atoms with van der Waals surface area (Å²) >= 11 is 0. The number of carbonyl (C=O) groups excluding carboxylic acids is 1. The molecule has 0 atom stereocenters. The highest BCUT2D eigenvalue weighted by Crippen LogP contribution is 2.16. The molecule has 0 amide bonds. The van der Waals surface area contributed by atoms with Crippen LogP contribution in [-0.2, 0) is 14.6 Å². The molecule has 0 heterocycles. The van der Waals surface area contributed by atoms with Crippen LogP contribution in [-0.4, -0.2) is 34.0 Å². The van der Waals surface area contributed by atoms with E-state index in [1.807, 2.05) is 11.9 Å². The summed E-state index contributed by atoms with van der Waals surface area (Å²) in [5.74, 6) is 0.143. The third kappa shape index (κ3) is 4.19. The van der Waals surface area contributed by atoms with Crippen molar-refractivity contribution < 1.29 is 13.2 Å². The second-order valence-electron chi connectivity index (χ2n) is 4.14. The summed E-state index contributed by atoms with van der Waals surface area (Å²) in [5.41, 5.74) is 0.902. The average Bonchev–Trinajstić information content (AvgIpc) is 2.25. The quantitative estimate of drug-likeness (QED) is 0.800. The van der Waals surface area contributed by atoms with Crippen LogP contribution >= 0.6 is 0 Å². The second kappa shape index (κ2) is 5.31. The van der Waals surface area contributed by atoms with Gasteiger partial charge in [0.1, 0.15) is 5.78 Å². The highest BCUT2D eigenvalue weighted by Gasteiger charge is 2.07. The van der Waals surface area contributed by atoms with Crippen molar-refractivity contribution >= 4 is 21.3 Å². The average molecular weight is 255 g/mol. The Bertz CT molecular complexity index is 491. The van der Waals surface area contributed by atoms with Gasteiger partial charge in [-0.2, -0.15) is 0 Å². The van der Waals surface area contributed by atoms with Crippen LogP contribution in [0.4, 0.5) is 5.69 Å². The largest absolute Gasteiger partial charge is 0.374 e. The molecule has 0 aliphatic carbocycles. The van der Waals surface area contributed by atoms with E-state index in [-0.39, 0.29) is 5.78 Å². The lowest BCUT2D eigenvalue weighted by Gasteiger charge is -2.18. The maximum absolute atomic E-state index is 11.3. The van der Waals surface area contributed by atoms with E-state index in [0.717, 1.165) is 5.69 Å². The van der Waals surface area contributed by atoms with Gasteiger partial charge in [0.2, 0.25) is 0 Å². The van der Waals surface area contributed by atoms with Crippen LogP contribution in [0.3, 0.4) is 0 Å². The Balaban J connectivity index is 2.77. The fourth-order valence-corrected chi connectivity index (χ4v) is 2.03. The normalized spacial score (nSPS) is 11.2. The fourth-order valence-electron chi connectivity index (χ4n) is 1.40. The molecular weight excluding hydrogens is 238 g/mol. The molecule has 0 N–H and O–H groups in total. The zero-order chi connectivity index (χ0) is 13.1. The van der Waals surface area contributed by atoms with Gasteiger partial charge in [0, 0.05) is 32.0 Å². The van der Waals surface area contributed by atoms with Crippen molar-refractivity contribution in [3.63, 3.8) is 0 Å². The van der Waals surface area contributed by atoms with Crippen molar-refractivity contribution in [1.82, 2.24) is 0 Å². The number of Topliss-reactive ketones (excluding diaryl/α,β-unsaturated/α-hetero) is 1. The number of nitrogens with zero attached hydrogens (tertiary/aromatic N) is 1. The van der Waals surface area contributed by atoms with E-state index in [4.69, 9.17) is 0 Å². The monoisotopic (exact) mass is 255 g/mol. The van der Waals surface area contributed by atoms with Crippen LogP contribution in [0.15, 0.2) is 29.2 Å². The Labute approximate surface area is 102 Å². The molecule has 0 spiro atoms. The van der Waals surface area contributed by atoms with Crippen LogP contribution in [0.5, 0.6) is 0 Å². The predicted octanol–water partition coefficient (Wildman–Crippen LogP) is 1.51. The number of carbonyl (C=O) groups is 1. The highest BCUT2D eigenvalue weighted by molar-refractivity contribution is 7.90. The summed E-state index contributed by atoms with van der Waals surface area (Å²) < 4.78 is 22.5. The van der Waals surface area contributed by atoms with E-state index in [0.29, 0.717) is 17.9 Å². The highest BCUT2D eigenvalue weighted by atomic mass is 32.2. The third-order valence-electron chi connectivity index (χ3n) is 2.50. The molecular formula is C12H17NO3S. The topological polar surface area (TPSA) is 54.5 Å². The van der Waals surface area contributed by atoms with Gasteiger partial charge in [0.15, 0.2) is 9.84 Å². The van der Waals surface area contributed by atoms with Crippen molar-refractivity contribution in [3.8, 4) is 0 Å². The lowest BCUT2D eigenvalue weighted by Crippen LogP contribution is -2.20. The Morgan fingerprint density at radius 1 is 1.24 bits per heavy atom. The van der Waals surface area contributed by atoms with Crippen LogP contribution in [0.2, 0.25) is 0 Å². The van der Waals surface area contributed by atoms with E-state index in [9.17, 15) is 13.2 Å². The summed E-state index contributed by atoms with van der Waals surface area (Å²) in [6.07, 6.45) is 1.67. The van der Waals surface area contributed by atoms with Crippen molar-refractivity contribution in [2.45, 2.75) is 18.2 Å². The van der Waals surface area contributed by atoms with E-state index in [1.54, 1.807) is 31.2 Å². The molecule has 0 aromatic heterocycles. The number of benzene rings is 1. The van der Waals surface area contributed by atoms with Gasteiger partial charge in [-0.25, -0.2) is 8.42 Å². The number of rotatable bonds is 5. The summed E-state index contributed by atoms with van der Waals surface area (Å²) in [6, 6.07) is 6.65. The third-order valence-corrected chi connectivity index (χ3v) is 3.63. The van der Waals surface area contributed by atoms with Gasteiger partial charge in [-0.1, -0.05) is 0 Å². The molecule has 0 saturated heterocycles. The second-order valence-corrected chi connectivity index (χ2v) is 6.16. The number of hydrogen-bond acceptors (Lipinski definition) is 4. The Hall–Kier alpha value is -1.36. The number of sulfone groups is 1. The Morgan fingerprint density at radius 2 is 1.76 bits per heavy atom. The lowest BCUT2D eigenvalue weighted by molar-refractivity contribution is -0.116. The molecule has 1 aromatic rings. The van der Waals surface area contributed by atoms with Crippen LogP contribution < -0.4 is 4.90 Å². The van der Waals surface area contributed by atoms with Gasteiger partial charge < -0.3 is 4.90 Å². The van der Waals surface area contributed by atoms with Gasteiger partial charge in [0.05, 0.1) is 4.90 Å². The molecule has 0 fully saturated rings. The van der Waals surface area contributed by atoms with Crippen LogP contribution in [0.25, 0.3) is 0 Å². The molecule has 17 heavy (non-hydrogen) atoms. The van der Waals surface area contributed by atoms with Gasteiger partial charge in [-0.05, 0) is 31.2 Å². The fraction of sp³-hybridized carbons (Fsp3) is 0.417. The molecule has 1 aromatic carbocycles. The molecule has 5 heteroatoms. The van der Waals surface area contributed by atoms with E-state index in [2.05, 4.69) is 0 Å². The molecule has 0 aliphatic rings. The summed E-state index contributed by atoms with van der Waals surface area (Å²) in [5, 5.41) is 0. The van der Waals surface area contributed by atoms with Crippen molar-refractivity contribution in [3.05, 3.63) is 24.3 Å². The molecule has 1 rings (SSSR count). The zero-order valence-electron chi connectivity index (χ0n) is 10.3. The van der Waals surface area contributed by atoms with E-state index >= 15 is 0 Å². The smallest absolute Gasteiger partial charge is 0.175 e. The first-order chi connectivity index (χ1) is 7.80. The molecule has 0 radical (unpaired) electrons. The SMILES string of the molecule is CC(=O)CCN(C)c1ccc(S(C)(=O)=O)cc1. The summed E-state index contributed by atoms with van der Waals surface area (Å²) in [4.78, 5) is 13.1. The van der Waals surface area contributed by atoms with Gasteiger partial charge in [-0.3, -0.25) is 4.79 Å². The van der Waals surface area contributed by atoms with Crippen LogP contribution in [0, 0.1) is 0 Å². The molecule has 0 unspecified atom stereocenters. The molecule has 0 saturated carbocycles. The van der Waals surface area contributed by atoms with Gasteiger partial charge >= 0.3 is 0 Å². The Kier molecular flexibility index (Phi) is 4.28. The number of anilines is 1. The van der Waals surface area contributed by atoms with Crippen molar-refractivity contribution in [2.75, 3.05) is 24.7 Å². The minimum atomic E-state index is -3.14. The number of hydrogen-bond donors (Lipinski definition) is 0. The van der Waals surface area contributed by atoms with Gasteiger partial charge in [-0.15, -0.1) is 0 Å². The molecule has 94 valence electrons. The first-order valence-electron chi connectivity index (χ1n) is 5.31. The lowest BCUT2D eigenvalue weighted by atomic mass is 10.2. The van der Waals surface area contributed by atoms with E-state index < -0.39 is 9.84 Å². The summed E-state index contributed by atoms with van der Waals surface area (Å²) in [6.45, 7) is 2.19. The minimum absolute atomic E-state index is 0.143. The standard InChI is InChI=1S/C12H17NO3S/c1-10(14)8-9-13(2)11-4-6-12(7-5-11)17(3,15)16/h4-7H,8-9H2,1-3H3. The maximum atomic E-state index is 11.3. The zero-order valence-corrected chi connectivity index (χ0v) is 11.1. The van der Waals surface area contributed by atoms with E-state index in [1.165, 1.54) is 6.26 Å². The first-order valence-corrected chi connectivity index (χ1v) is 7.20.